The van der Waals surface area contributed by atoms with E-state index in [-0.39, 0.29) is 0 Å². The van der Waals surface area contributed by atoms with Crippen molar-refractivity contribution >= 4 is 11.6 Å². The summed E-state index contributed by atoms with van der Waals surface area (Å²) in [6.45, 7) is -3.06. The Hall–Kier alpha value is -0.700. The van der Waals surface area contributed by atoms with Crippen LogP contribution in [0.5, 0.6) is 0 Å². The zero-order valence-corrected chi connectivity index (χ0v) is 6.27. The molecule has 4 heteroatoms. The van der Waals surface area contributed by atoms with Crippen LogP contribution in [0.1, 0.15) is 19.4 Å². The largest absolute Gasteiger partial charge is 0.416 e. The van der Waals surface area contributed by atoms with Crippen molar-refractivity contribution in [1.29, 1.82) is 0 Å². The summed E-state index contributed by atoms with van der Waals surface area (Å²) in [4.78, 5) is 0. The Morgan fingerprint density at radius 1 is 1.50 bits per heavy atom. The molecule has 1 aromatic carbocycles. The first-order valence-electron chi connectivity index (χ1n) is 5.76. The van der Waals surface area contributed by atoms with E-state index in [1.54, 1.807) is 0 Å². The fourth-order valence-electron chi connectivity index (χ4n) is 0.533. The van der Waals surface area contributed by atoms with E-state index in [4.69, 9.17) is 19.8 Å². The Kier molecular flexibility index (Phi) is 0.994. The second kappa shape index (κ2) is 2.98. The Morgan fingerprint density at radius 3 is 2.67 bits per heavy atom. The lowest BCUT2D eigenvalue weighted by atomic mass is 10.1. The first-order valence-corrected chi connectivity index (χ1v) is 3.13. The molecule has 0 heterocycles. The molecule has 0 aliphatic carbocycles. The van der Waals surface area contributed by atoms with E-state index < -0.39 is 47.3 Å². The molecule has 0 saturated heterocycles. The summed E-state index contributed by atoms with van der Waals surface area (Å²) in [6.07, 6.45) is -5.09. The molecule has 0 saturated carbocycles. The van der Waals surface area contributed by atoms with Gasteiger partial charge in [-0.15, -0.1) is 0 Å². The molecule has 0 nitrogen and oxygen atoms in total. The first-order chi connectivity index (χ1) is 7.89. The van der Waals surface area contributed by atoms with Crippen molar-refractivity contribution in [2.45, 2.75) is 13.0 Å². The highest BCUT2D eigenvalue weighted by atomic mass is 35.5. The molecule has 0 aromatic heterocycles. The van der Waals surface area contributed by atoms with E-state index in [1.807, 2.05) is 0 Å². The van der Waals surface area contributed by atoms with Gasteiger partial charge in [0.2, 0.25) is 0 Å². The Morgan fingerprint density at radius 2 is 2.17 bits per heavy atom. The fraction of sp³-hybridized carbons (Fsp3) is 0.250. The van der Waals surface area contributed by atoms with Gasteiger partial charge < -0.3 is 0 Å². The maximum atomic E-state index is 12.6. The maximum Gasteiger partial charge on any atom is 0.416 e. The molecule has 0 fully saturated rings. The summed E-state index contributed by atoms with van der Waals surface area (Å²) >= 11 is 5.46. The van der Waals surface area contributed by atoms with Crippen molar-refractivity contribution in [3.8, 4) is 0 Å². The zero-order valence-electron chi connectivity index (χ0n) is 11.5. The van der Waals surface area contributed by atoms with Gasteiger partial charge in [0.1, 0.15) is 0 Å². The maximum absolute atomic E-state index is 12.6. The number of hydrogen-bond acceptors (Lipinski definition) is 0. The topological polar surface area (TPSA) is 0 Å². The molecule has 0 unspecified atom stereocenters. The summed E-state index contributed by atoms with van der Waals surface area (Å²) in [6, 6.07) is -3.73. The van der Waals surface area contributed by atoms with Gasteiger partial charge in [0.05, 0.1) is 9.68 Å². The molecule has 0 aliphatic heterocycles. The van der Waals surface area contributed by atoms with Gasteiger partial charge in [-0.3, -0.25) is 0 Å². The van der Waals surface area contributed by atoms with E-state index in [2.05, 4.69) is 0 Å². The lowest BCUT2D eigenvalue weighted by Gasteiger charge is -2.07. The van der Waals surface area contributed by atoms with E-state index in [0.717, 1.165) is 0 Å². The van der Waals surface area contributed by atoms with Crippen LogP contribution >= 0.6 is 11.6 Å². The Balaban J connectivity index is 3.83. The van der Waals surface area contributed by atoms with Crippen LogP contribution in [0.3, 0.4) is 0 Å². The molecule has 0 N–H and O–H groups in total. The van der Waals surface area contributed by atoms with Crippen LogP contribution in [-0.2, 0) is 6.18 Å². The molecule has 0 radical (unpaired) electrons. The van der Waals surface area contributed by atoms with Crippen molar-refractivity contribution < 1.29 is 21.4 Å². The molecular weight excluding hydrogens is 189 g/mol. The minimum atomic E-state index is -5.09. The summed E-state index contributed by atoms with van der Waals surface area (Å²) in [7, 11) is 0. The third kappa shape index (κ3) is 1.91. The van der Waals surface area contributed by atoms with Gasteiger partial charge in [-0.1, -0.05) is 11.6 Å². The van der Waals surface area contributed by atoms with E-state index >= 15 is 0 Å². The molecule has 0 atom stereocenters. The van der Waals surface area contributed by atoms with Crippen LogP contribution in [-0.4, -0.2) is 0 Å². The first kappa shape index (κ1) is 4.01. The molecule has 66 valence electrons. The normalized spacial score (nSPS) is 20.0. The van der Waals surface area contributed by atoms with Gasteiger partial charge in [-0.2, -0.15) is 13.2 Å². The average Bonchev–Trinajstić information content (AvgIpc) is 2.09. The quantitative estimate of drug-likeness (QED) is 0.600. The summed E-state index contributed by atoms with van der Waals surface area (Å²) in [5.74, 6) is 0. The van der Waals surface area contributed by atoms with E-state index in [9.17, 15) is 13.2 Å². The summed E-state index contributed by atoms with van der Waals surface area (Å²) in [5, 5.41) is -0.821. The van der Waals surface area contributed by atoms with Gasteiger partial charge in [0.15, 0.2) is 0 Å². The lowest BCUT2D eigenvalue weighted by Crippen LogP contribution is -2.04. The van der Waals surface area contributed by atoms with Crippen LogP contribution < -0.4 is 0 Å². The predicted molar refractivity (Wildman–Crippen MR) is 41.2 cm³/mol. The molecule has 0 amide bonds. The molecule has 1 rings (SSSR count). The molecule has 0 bridgehead atoms. The highest BCUT2D eigenvalue weighted by Gasteiger charge is 2.30. The third-order valence-electron chi connectivity index (χ3n) is 1.05. The molecule has 0 spiro atoms. The van der Waals surface area contributed by atoms with Crippen molar-refractivity contribution in [3.63, 3.8) is 0 Å². The second-order valence-electron chi connectivity index (χ2n) is 1.94. The lowest BCUT2D eigenvalue weighted by molar-refractivity contribution is -0.137. The molecule has 0 aliphatic rings. The van der Waals surface area contributed by atoms with Crippen molar-refractivity contribution in [1.82, 2.24) is 0 Å². The van der Waals surface area contributed by atoms with Gasteiger partial charge in [-0.05, 0) is 30.5 Å². The SMILES string of the molecule is [2H]c1c([2H])c(C(F)(F)F)c([2H])c(C([2H])([2H])[2H])c1Cl. The van der Waals surface area contributed by atoms with E-state index in [0.29, 0.717) is 0 Å². The van der Waals surface area contributed by atoms with Crippen molar-refractivity contribution in [3.05, 3.63) is 34.3 Å². The van der Waals surface area contributed by atoms with Gasteiger partial charge in [0, 0.05) is 9.13 Å². The highest BCUT2D eigenvalue weighted by molar-refractivity contribution is 6.31. The van der Waals surface area contributed by atoms with Gasteiger partial charge >= 0.3 is 6.18 Å². The van der Waals surface area contributed by atoms with Gasteiger partial charge in [-0.25, -0.2) is 0 Å². The molecule has 1 aromatic rings. The number of benzene rings is 1. The minimum Gasteiger partial charge on any atom is -0.166 e. The number of alkyl halides is 3. The third-order valence-corrected chi connectivity index (χ3v) is 1.33. The number of rotatable bonds is 0. The minimum absolute atomic E-state index is 0.821. The zero-order chi connectivity index (χ0) is 14.5. The Labute approximate surface area is 81.4 Å². The fourth-order valence-corrected chi connectivity index (χ4v) is 0.627. The van der Waals surface area contributed by atoms with Crippen LogP contribution in [0.25, 0.3) is 0 Å². The number of halogens is 4. The average molecular weight is 201 g/mol. The van der Waals surface area contributed by atoms with Crippen LogP contribution in [0, 0.1) is 6.85 Å². The van der Waals surface area contributed by atoms with Crippen LogP contribution in [0.15, 0.2) is 18.1 Å². The standard InChI is InChI=1S/C8H6ClF3/c1-5-4-6(8(10,11)12)2-3-7(5)9/h2-4H,1H3/i1D3,2D,3D,4D. The van der Waals surface area contributed by atoms with Gasteiger partial charge in [0.25, 0.3) is 0 Å². The Bertz CT molecular complexity index is 452. The van der Waals surface area contributed by atoms with Crippen molar-refractivity contribution in [2.24, 2.45) is 0 Å². The van der Waals surface area contributed by atoms with Crippen molar-refractivity contribution in [2.75, 3.05) is 0 Å². The summed E-state index contributed by atoms with van der Waals surface area (Å²) < 4.78 is 80.7. The molecular formula is C8H6ClF3. The summed E-state index contributed by atoms with van der Waals surface area (Å²) in [5.41, 5.74) is -2.82. The second-order valence-corrected chi connectivity index (χ2v) is 2.31. The van der Waals surface area contributed by atoms with E-state index in [1.165, 1.54) is 0 Å². The number of hydrogen-bond donors (Lipinski definition) is 0. The monoisotopic (exact) mass is 200 g/mol. The van der Waals surface area contributed by atoms with Crippen LogP contribution in [0.4, 0.5) is 13.2 Å². The predicted octanol–water partition coefficient (Wildman–Crippen LogP) is 3.67. The van der Waals surface area contributed by atoms with Crippen LogP contribution in [0.2, 0.25) is 5.02 Å². The highest BCUT2D eigenvalue weighted by Crippen LogP contribution is 2.31. The molecule has 12 heavy (non-hydrogen) atoms. The smallest absolute Gasteiger partial charge is 0.166 e.